The number of aromatic nitrogens is 2. The molecule has 0 aliphatic rings. The number of nitrogens with one attached hydrogen (secondary N) is 1. The van der Waals surface area contributed by atoms with Crippen molar-refractivity contribution in [3.05, 3.63) is 41.7 Å². The predicted octanol–water partition coefficient (Wildman–Crippen LogP) is 3.64. The summed E-state index contributed by atoms with van der Waals surface area (Å²) in [5.41, 5.74) is 2.51. The summed E-state index contributed by atoms with van der Waals surface area (Å²) in [6, 6.07) is 8.44. The van der Waals surface area contributed by atoms with Crippen LogP contribution in [-0.2, 0) is 4.79 Å². The highest BCUT2D eigenvalue weighted by molar-refractivity contribution is 7.99. The van der Waals surface area contributed by atoms with Crippen LogP contribution in [0.15, 0.2) is 35.7 Å². The molecule has 1 heterocycles. The summed E-state index contributed by atoms with van der Waals surface area (Å²) >= 11 is 1.36. The number of imidazole rings is 1. The third-order valence-electron chi connectivity index (χ3n) is 4.35. The molecule has 0 saturated heterocycles. The maximum Gasteiger partial charge on any atom is 0.231 e. The van der Waals surface area contributed by atoms with Crippen LogP contribution in [0.1, 0.15) is 31.9 Å². The molecule has 2 rings (SSSR count). The molecule has 0 bridgehead atoms. The number of aryl methyl sites for hydroxylation is 2. The Morgan fingerprint density at radius 3 is 2.80 bits per heavy atom. The minimum absolute atomic E-state index is 0.0309. The number of carbonyl (C=O) groups is 1. The van der Waals surface area contributed by atoms with Gasteiger partial charge in [0, 0.05) is 12.4 Å². The Hall–Kier alpha value is -2.26. The molecule has 6 heteroatoms. The number of rotatable bonds is 6. The molecule has 1 aromatic carbocycles. The van der Waals surface area contributed by atoms with E-state index in [1.165, 1.54) is 17.3 Å². The number of hydrogen-bond donors (Lipinski definition) is 1. The SMILES string of the molecule is Cc1ccc(C)c(-n2ccnc2SCC(=O)NC(C)(C#N)C(C)C)c1. The van der Waals surface area contributed by atoms with Crippen molar-refractivity contribution in [1.82, 2.24) is 14.9 Å². The highest BCUT2D eigenvalue weighted by Gasteiger charge is 2.29. The van der Waals surface area contributed by atoms with Crippen LogP contribution < -0.4 is 5.32 Å². The number of thioether (sulfide) groups is 1. The van der Waals surface area contributed by atoms with Gasteiger partial charge in [-0.2, -0.15) is 5.26 Å². The highest BCUT2D eigenvalue weighted by Crippen LogP contribution is 2.24. The van der Waals surface area contributed by atoms with E-state index in [-0.39, 0.29) is 17.6 Å². The standard InChI is InChI=1S/C19H24N4OS/c1-13(2)19(5,12-20)22-17(24)11-25-18-21-8-9-23(18)16-10-14(3)6-7-15(16)4/h6-10,13H,11H2,1-5H3,(H,22,24). The van der Waals surface area contributed by atoms with Gasteiger partial charge in [-0.3, -0.25) is 9.36 Å². The van der Waals surface area contributed by atoms with Gasteiger partial charge >= 0.3 is 0 Å². The molecule has 2 aromatic rings. The van der Waals surface area contributed by atoms with E-state index >= 15 is 0 Å². The average molecular weight is 356 g/mol. The second-order valence-electron chi connectivity index (χ2n) is 6.68. The van der Waals surface area contributed by atoms with Crippen LogP contribution in [0.3, 0.4) is 0 Å². The van der Waals surface area contributed by atoms with Crippen molar-refractivity contribution < 1.29 is 4.79 Å². The summed E-state index contributed by atoms with van der Waals surface area (Å²) in [6.07, 6.45) is 3.63. The van der Waals surface area contributed by atoms with E-state index in [1.807, 2.05) is 24.6 Å². The molecule has 0 aliphatic carbocycles. The Morgan fingerprint density at radius 2 is 2.16 bits per heavy atom. The topological polar surface area (TPSA) is 70.7 Å². The van der Waals surface area contributed by atoms with Crippen LogP contribution in [-0.4, -0.2) is 26.8 Å². The summed E-state index contributed by atoms with van der Waals surface area (Å²) < 4.78 is 1.99. The molecule has 25 heavy (non-hydrogen) atoms. The zero-order chi connectivity index (χ0) is 18.6. The molecular formula is C19H24N4OS. The fraction of sp³-hybridized carbons (Fsp3) is 0.421. The quantitative estimate of drug-likeness (QED) is 0.802. The minimum Gasteiger partial charge on any atom is -0.337 e. The number of carbonyl (C=O) groups excluding carboxylic acids is 1. The van der Waals surface area contributed by atoms with E-state index in [9.17, 15) is 10.1 Å². The summed E-state index contributed by atoms with van der Waals surface area (Å²) in [5.74, 6) is 0.0768. The Morgan fingerprint density at radius 1 is 1.44 bits per heavy atom. The van der Waals surface area contributed by atoms with Crippen LogP contribution in [0.4, 0.5) is 0 Å². The van der Waals surface area contributed by atoms with E-state index in [0.29, 0.717) is 0 Å². The van der Waals surface area contributed by atoms with Crippen LogP contribution in [0.25, 0.3) is 5.69 Å². The van der Waals surface area contributed by atoms with Crippen LogP contribution in [0, 0.1) is 31.1 Å². The van der Waals surface area contributed by atoms with Gasteiger partial charge in [-0.05, 0) is 43.9 Å². The number of hydrogen-bond acceptors (Lipinski definition) is 4. The summed E-state index contributed by atoms with van der Waals surface area (Å²) in [5, 5.41) is 12.9. The molecule has 1 atom stereocenters. The molecule has 0 aliphatic heterocycles. The minimum atomic E-state index is -0.861. The number of amides is 1. The lowest BCUT2D eigenvalue weighted by Gasteiger charge is -2.27. The fourth-order valence-corrected chi connectivity index (χ4v) is 3.08. The van der Waals surface area contributed by atoms with E-state index in [1.54, 1.807) is 13.1 Å². The first kappa shape index (κ1) is 19.1. The van der Waals surface area contributed by atoms with Crippen molar-refractivity contribution in [2.24, 2.45) is 5.92 Å². The van der Waals surface area contributed by atoms with Crippen molar-refractivity contribution in [3.8, 4) is 11.8 Å². The third-order valence-corrected chi connectivity index (χ3v) is 5.32. The third kappa shape index (κ3) is 4.43. The van der Waals surface area contributed by atoms with Crippen LogP contribution in [0.5, 0.6) is 0 Å². The second kappa shape index (κ2) is 7.75. The number of nitrogens with zero attached hydrogens (tertiary/aromatic N) is 3. The van der Waals surface area contributed by atoms with Crippen molar-refractivity contribution in [1.29, 1.82) is 5.26 Å². The predicted molar refractivity (Wildman–Crippen MR) is 101 cm³/mol. The average Bonchev–Trinajstić information content (AvgIpc) is 3.03. The molecule has 1 amide bonds. The van der Waals surface area contributed by atoms with Crippen LogP contribution >= 0.6 is 11.8 Å². The molecule has 132 valence electrons. The summed E-state index contributed by atoms with van der Waals surface area (Å²) in [7, 11) is 0. The Balaban J connectivity index is 2.11. The Labute approximate surface area is 153 Å². The van der Waals surface area contributed by atoms with Gasteiger partial charge in [-0.1, -0.05) is 37.7 Å². The molecular weight excluding hydrogens is 332 g/mol. The Kier molecular flexibility index (Phi) is 5.91. The lowest BCUT2D eigenvalue weighted by Crippen LogP contribution is -2.49. The smallest absolute Gasteiger partial charge is 0.231 e. The van der Waals surface area contributed by atoms with Gasteiger partial charge in [0.25, 0.3) is 0 Å². The zero-order valence-corrected chi connectivity index (χ0v) is 16.1. The lowest BCUT2D eigenvalue weighted by atomic mass is 9.90. The monoisotopic (exact) mass is 356 g/mol. The molecule has 0 fully saturated rings. The first-order chi connectivity index (χ1) is 11.8. The van der Waals surface area contributed by atoms with Gasteiger partial charge in [-0.25, -0.2) is 4.98 Å². The van der Waals surface area contributed by atoms with Gasteiger partial charge in [0.15, 0.2) is 5.16 Å². The van der Waals surface area contributed by atoms with Crippen LogP contribution in [0.2, 0.25) is 0 Å². The highest BCUT2D eigenvalue weighted by atomic mass is 32.2. The Bertz CT molecular complexity index is 806. The van der Waals surface area contributed by atoms with E-state index in [0.717, 1.165) is 16.4 Å². The molecule has 5 nitrogen and oxygen atoms in total. The first-order valence-electron chi connectivity index (χ1n) is 8.23. The van der Waals surface area contributed by atoms with Gasteiger partial charge in [0.2, 0.25) is 5.91 Å². The molecule has 0 spiro atoms. The largest absolute Gasteiger partial charge is 0.337 e. The van der Waals surface area contributed by atoms with Gasteiger partial charge < -0.3 is 5.32 Å². The van der Waals surface area contributed by atoms with Crippen molar-refractivity contribution >= 4 is 17.7 Å². The maximum atomic E-state index is 12.3. The fourth-order valence-electron chi connectivity index (χ4n) is 2.32. The molecule has 1 N–H and O–H groups in total. The maximum absolute atomic E-state index is 12.3. The zero-order valence-electron chi connectivity index (χ0n) is 15.3. The van der Waals surface area contributed by atoms with Gasteiger partial charge in [0.1, 0.15) is 5.54 Å². The van der Waals surface area contributed by atoms with Gasteiger partial charge in [-0.15, -0.1) is 0 Å². The molecule has 0 saturated carbocycles. The van der Waals surface area contributed by atoms with E-state index < -0.39 is 5.54 Å². The number of benzene rings is 1. The summed E-state index contributed by atoms with van der Waals surface area (Å²) in [4.78, 5) is 16.6. The van der Waals surface area contributed by atoms with E-state index in [4.69, 9.17) is 0 Å². The lowest BCUT2D eigenvalue weighted by molar-refractivity contribution is -0.120. The normalized spacial score (nSPS) is 13.3. The van der Waals surface area contributed by atoms with Crippen molar-refractivity contribution in [2.45, 2.75) is 45.3 Å². The molecule has 0 radical (unpaired) electrons. The second-order valence-corrected chi connectivity index (χ2v) is 7.62. The number of nitriles is 1. The van der Waals surface area contributed by atoms with Crippen molar-refractivity contribution in [2.75, 3.05) is 5.75 Å². The molecule has 1 aromatic heterocycles. The first-order valence-corrected chi connectivity index (χ1v) is 9.21. The van der Waals surface area contributed by atoms with Crippen molar-refractivity contribution in [3.63, 3.8) is 0 Å². The van der Waals surface area contributed by atoms with E-state index in [2.05, 4.69) is 48.4 Å². The summed E-state index contributed by atoms with van der Waals surface area (Å²) in [6.45, 7) is 9.69. The molecule has 1 unspecified atom stereocenters. The van der Waals surface area contributed by atoms with Gasteiger partial charge in [0.05, 0.1) is 17.5 Å².